The summed E-state index contributed by atoms with van der Waals surface area (Å²) in [5.74, 6) is 0.591. The molecule has 0 aliphatic carbocycles. The van der Waals surface area contributed by atoms with Crippen molar-refractivity contribution in [3.8, 4) is 11.4 Å². The lowest BCUT2D eigenvalue weighted by molar-refractivity contribution is 1.17. The van der Waals surface area contributed by atoms with Crippen LogP contribution in [0.25, 0.3) is 11.4 Å². The van der Waals surface area contributed by atoms with Crippen molar-refractivity contribution in [2.45, 2.75) is 6.92 Å². The second-order valence-electron chi connectivity index (χ2n) is 3.20. The molecule has 0 spiro atoms. The quantitative estimate of drug-likeness (QED) is 0.708. The summed E-state index contributed by atoms with van der Waals surface area (Å²) in [5.41, 5.74) is 2.09. The van der Waals surface area contributed by atoms with E-state index in [1.54, 1.807) is 0 Å². The van der Waals surface area contributed by atoms with E-state index in [1.165, 1.54) is 6.20 Å². The molecule has 0 saturated heterocycles. The molecule has 1 aromatic carbocycles. The first-order valence-electron chi connectivity index (χ1n) is 4.42. The van der Waals surface area contributed by atoms with Gasteiger partial charge in [-0.1, -0.05) is 47.0 Å². The predicted molar refractivity (Wildman–Crippen MR) is 62.2 cm³/mol. The summed E-state index contributed by atoms with van der Waals surface area (Å²) >= 11 is 11.6. The number of hydrogen-bond acceptors (Lipinski definition) is 2. The second-order valence-corrected chi connectivity index (χ2v) is 3.97. The van der Waals surface area contributed by atoms with Crippen molar-refractivity contribution in [2.75, 3.05) is 0 Å². The van der Waals surface area contributed by atoms with Crippen molar-refractivity contribution in [3.63, 3.8) is 0 Å². The number of benzene rings is 1. The normalized spacial score (nSPS) is 10.3. The zero-order valence-electron chi connectivity index (χ0n) is 8.04. The van der Waals surface area contributed by atoms with Crippen LogP contribution in [-0.4, -0.2) is 9.97 Å². The molecule has 0 radical (unpaired) electrons. The molecule has 0 saturated carbocycles. The Kier molecular flexibility index (Phi) is 2.89. The Morgan fingerprint density at radius 2 is 2.00 bits per heavy atom. The van der Waals surface area contributed by atoms with Crippen LogP contribution in [0.1, 0.15) is 5.56 Å². The van der Waals surface area contributed by atoms with Crippen molar-refractivity contribution in [1.82, 2.24) is 9.97 Å². The molecule has 0 atom stereocenters. The Balaban J connectivity index is 2.50. The van der Waals surface area contributed by atoms with E-state index in [1.807, 2.05) is 31.2 Å². The van der Waals surface area contributed by atoms with Gasteiger partial charge in [-0.2, -0.15) is 0 Å². The number of halogens is 2. The van der Waals surface area contributed by atoms with E-state index in [2.05, 4.69) is 9.97 Å². The van der Waals surface area contributed by atoms with Crippen molar-refractivity contribution in [1.29, 1.82) is 0 Å². The van der Waals surface area contributed by atoms with Gasteiger partial charge in [-0.05, 0) is 13.0 Å². The lowest BCUT2D eigenvalue weighted by Crippen LogP contribution is -1.89. The number of rotatable bonds is 1. The molecule has 0 amide bonds. The first kappa shape index (κ1) is 10.4. The highest BCUT2D eigenvalue weighted by Gasteiger charge is 2.04. The maximum Gasteiger partial charge on any atom is 0.160 e. The standard InChI is InChI=1S/C11H8Cl2N2/c1-7-3-2-4-8(5-7)11-14-6-9(12)10(13)15-11/h2-6H,1H3. The average molecular weight is 239 g/mol. The molecule has 0 fully saturated rings. The molecule has 2 aromatic rings. The molecule has 2 rings (SSSR count). The zero-order valence-corrected chi connectivity index (χ0v) is 9.55. The fourth-order valence-electron chi connectivity index (χ4n) is 1.27. The highest BCUT2D eigenvalue weighted by Crippen LogP contribution is 2.22. The molecule has 0 aliphatic heterocycles. The number of aromatic nitrogens is 2. The predicted octanol–water partition coefficient (Wildman–Crippen LogP) is 3.76. The van der Waals surface area contributed by atoms with Gasteiger partial charge in [0.2, 0.25) is 0 Å². The monoisotopic (exact) mass is 238 g/mol. The van der Waals surface area contributed by atoms with Crippen molar-refractivity contribution >= 4 is 23.2 Å². The van der Waals surface area contributed by atoms with Crippen LogP contribution in [0.15, 0.2) is 30.5 Å². The number of aryl methyl sites for hydroxylation is 1. The largest absolute Gasteiger partial charge is 0.235 e. The van der Waals surface area contributed by atoms with Gasteiger partial charge in [0, 0.05) is 5.56 Å². The van der Waals surface area contributed by atoms with Crippen LogP contribution in [0.4, 0.5) is 0 Å². The Morgan fingerprint density at radius 1 is 1.20 bits per heavy atom. The van der Waals surface area contributed by atoms with E-state index in [0.717, 1.165) is 11.1 Å². The molecular formula is C11H8Cl2N2. The molecule has 0 unspecified atom stereocenters. The SMILES string of the molecule is Cc1cccc(-c2ncc(Cl)c(Cl)n2)c1. The first-order valence-corrected chi connectivity index (χ1v) is 5.17. The van der Waals surface area contributed by atoms with Gasteiger partial charge in [0.25, 0.3) is 0 Å². The third-order valence-corrected chi connectivity index (χ3v) is 2.64. The third-order valence-electron chi connectivity index (χ3n) is 1.98. The minimum Gasteiger partial charge on any atom is -0.235 e. The topological polar surface area (TPSA) is 25.8 Å². The summed E-state index contributed by atoms with van der Waals surface area (Å²) in [6.45, 7) is 2.01. The van der Waals surface area contributed by atoms with Gasteiger partial charge in [0.15, 0.2) is 11.0 Å². The summed E-state index contributed by atoms with van der Waals surface area (Å²) in [6, 6.07) is 7.91. The fraction of sp³-hybridized carbons (Fsp3) is 0.0909. The number of nitrogens with zero attached hydrogens (tertiary/aromatic N) is 2. The van der Waals surface area contributed by atoms with Crippen LogP contribution in [0, 0.1) is 6.92 Å². The molecule has 1 aromatic heterocycles. The highest BCUT2D eigenvalue weighted by atomic mass is 35.5. The van der Waals surface area contributed by atoms with Gasteiger partial charge in [-0.3, -0.25) is 0 Å². The maximum atomic E-state index is 5.82. The molecule has 2 nitrogen and oxygen atoms in total. The van der Waals surface area contributed by atoms with Crippen LogP contribution in [0.5, 0.6) is 0 Å². The lowest BCUT2D eigenvalue weighted by Gasteiger charge is -2.02. The van der Waals surface area contributed by atoms with Crippen molar-refractivity contribution in [3.05, 3.63) is 46.2 Å². The smallest absolute Gasteiger partial charge is 0.160 e. The first-order chi connectivity index (χ1) is 7.16. The minimum absolute atomic E-state index is 0.281. The number of hydrogen-bond donors (Lipinski definition) is 0. The van der Waals surface area contributed by atoms with Crippen LogP contribution in [-0.2, 0) is 0 Å². The Hall–Kier alpha value is -1.12. The van der Waals surface area contributed by atoms with Gasteiger partial charge in [-0.15, -0.1) is 0 Å². The van der Waals surface area contributed by atoms with Gasteiger partial charge < -0.3 is 0 Å². The van der Waals surface area contributed by atoms with E-state index in [9.17, 15) is 0 Å². The summed E-state index contributed by atoms with van der Waals surface area (Å²) in [5, 5.41) is 0.649. The van der Waals surface area contributed by atoms with E-state index in [0.29, 0.717) is 10.8 Å². The molecule has 0 aliphatic rings. The third kappa shape index (κ3) is 2.28. The van der Waals surface area contributed by atoms with Gasteiger partial charge in [-0.25, -0.2) is 9.97 Å². The Morgan fingerprint density at radius 3 is 2.67 bits per heavy atom. The molecular weight excluding hydrogens is 231 g/mol. The Bertz CT molecular complexity index is 498. The highest BCUT2D eigenvalue weighted by molar-refractivity contribution is 6.41. The van der Waals surface area contributed by atoms with Crippen LogP contribution in [0.2, 0.25) is 10.2 Å². The fourth-order valence-corrected chi connectivity index (χ4v) is 1.49. The van der Waals surface area contributed by atoms with Crippen molar-refractivity contribution < 1.29 is 0 Å². The molecule has 76 valence electrons. The maximum absolute atomic E-state index is 5.82. The van der Waals surface area contributed by atoms with Crippen LogP contribution < -0.4 is 0 Å². The van der Waals surface area contributed by atoms with Crippen LogP contribution in [0.3, 0.4) is 0 Å². The van der Waals surface area contributed by atoms with E-state index < -0.39 is 0 Å². The van der Waals surface area contributed by atoms with Gasteiger partial charge >= 0.3 is 0 Å². The zero-order chi connectivity index (χ0) is 10.8. The second kappa shape index (κ2) is 4.17. The summed E-state index contributed by atoms with van der Waals surface area (Å²) in [6.07, 6.45) is 1.51. The Labute approximate surface area is 97.9 Å². The molecule has 0 N–H and O–H groups in total. The van der Waals surface area contributed by atoms with E-state index in [4.69, 9.17) is 23.2 Å². The summed E-state index contributed by atoms with van der Waals surface area (Å²) in [7, 11) is 0. The lowest BCUT2D eigenvalue weighted by atomic mass is 10.1. The molecule has 1 heterocycles. The molecule has 15 heavy (non-hydrogen) atoms. The van der Waals surface area contributed by atoms with Crippen LogP contribution >= 0.6 is 23.2 Å². The van der Waals surface area contributed by atoms with E-state index in [-0.39, 0.29) is 5.15 Å². The van der Waals surface area contributed by atoms with E-state index >= 15 is 0 Å². The average Bonchev–Trinajstić information content (AvgIpc) is 2.22. The van der Waals surface area contributed by atoms with Gasteiger partial charge in [0.05, 0.1) is 11.2 Å². The summed E-state index contributed by atoms with van der Waals surface area (Å²) < 4.78 is 0. The van der Waals surface area contributed by atoms with Crippen molar-refractivity contribution in [2.24, 2.45) is 0 Å². The summed E-state index contributed by atoms with van der Waals surface area (Å²) in [4.78, 5) is 8.23. The molecule has 0 bridgehead atoms. The molecule has 4 heteroatoms. The minimum atomic E-state index is 0.281. The van der Waals surface area contributed by atoms with Gasteiger partial charge in [0.1, 0.15) is 0 Å².